The Morgan fingerprint density at radius 2 is 1.77 bits per heavy atom. The fraction of sp³-hybridized carbons (Fsp3) is 0. The smallest absolute Gasteiger partial charge is 0.178 e. The van der Waals surface area contributed by atoms with E-state index in [-0.39, 0.29) is 5.82 Å². The fourth-order valence-corrected chi connectivity index (χ4v) is 3.83. The molecule has 2 aromatic carbocycles. The van der Waals surface area contributed by atoms with E-state index in [4.69, 9.17) is 0 Å². The van der Waals surface area contributed by atoms with Crippen LogP contribution in [0.15, 0.2) is 79.3 Å². The van der Waals surface area contributed by atoms with Crippen molar-refractivity contribution in [2.45, 2.75) is 0 Å². The number of hydrogen-bond donors (Lipinski definition) is 2. The lowest BCUT2D eigenvalue weighted by molar-refractivity contribution is 0.631. The van der Waals surface area contributed by atoms with Gasteiger partial charge in [0.05, 0.1) is 11.0 Å². The van der Waals surface area contributed by atoms with Crippen molar-refractivity contribution in [3.05, 3.63) is 85.1 Å². The van der Waals surface area contributed by atoms with Crippen LogP contribution in [0, 0.1) is 5.82 Å². The van der Waals surface area contributed by atoms with Gasteiger partial charge in [-0.3, -0.25) is 10.1 Å². The maximum atomic E-state index is 14.4. The summed E-state index contributed by atoms with van der Waals surface area (Å²) in [6.07, 6.45) is 5.21. The molecule has 0 atom stereocenters. The lowest BCUT2D eigenvalue weighted by atomic mass is 10.0. The molecule has 31 heavy (non-hydrogen) atoms. The Kier molecular flexibility index (Phi) is 3.86. The van der Waals surface area contributed by atoms with Crippen LogP contribution >= 0.6 is 0 Å². The number of halogens is 1. The number of aromatic amines is 2. The summed E-state index contributed by atoms with van der Waals surface area (Å²) in [7, 11) is 0. The monoisotopic (exact) mass is 406 g/mol. The number of imidazole rings is 1. The molecule has 0 amide bonds. The highest BCUT2D eigenvalue weighted by molar-refractivity contribution is 5.97. The zero-order valence-electron chi connectivity index (χ0n) is 16.2. The Morgan fingerprint density at radius 3 is 2.65 bits per heavy atom. The third kappa shape index (κ3) is 2.86. The van der Waals surface area contributed by atoms with Gasteiger partial charge < -0.3 is 4.98 Å². The van der Waals surface area contributed by atoms with Crippen LogP contribution in [0.1, 0.15) is 0 Å². The predicted octanol–water partition coefficient (Wildman–Crippen LogP) is 5.37. The number of pyridine rings is 2. The first-order valence-electron chi connectivity index (χ1n) is 9.76. The van der Waals surface area contributed by atoms with Crippen molar-refractivity contribution in [2.24, 2.45) is 0 Å². The molecule has 4 aromatic heterocycles. The number of nitrogens with one attached hydrogen (secondary N) is 2. The van der Waals surface area contributed by atoms with Crippen molar-refractivity contribution in [2.75, 3.05) is 0 Å². The van der Waals surface area contributed by atoms with E-state index >= 15 is 0 Å². The van der Waals surface area contributed by atoms with Crippen LogP contribution in [0.3, 0.4) is 0 Å². The molecule has 0 unspecified atom stereocenters. The van der Waals surface area contributed by atoms with Crippen LogP contribution in [0.5, 0.6) is 0 Å². The Hall–Kier alpha value is -4.39. The molecule has 4 heterocycles. The van der Waals surface area contributed by atoms with E-state index in [1.54, 1.807) is 30.6 Å². The van der Waals surface area contributed by atoms with Crippen LogP contribution < -0.4 is 0 Å². The average Bonchev–Trinajstić information content (AvgIpc) is 3.43. The van der Waals surface area contributed by atoms with Crippen molar-refractivity contribution in [1.82, 2.24) is 30.1 Å². The molecule has 6 aromatic rings. The fourth-order valence-electron chi connectivity index (χ4n) is 3.83. The molecule has 0 saturated heterocycles. The Labute approximate surface area is 175 Å². The zero-order valence-corrected chi connectivity index (χ0v) is 16.2. The number of fused-ring (bicyclic) bond motifs is 2. The first-order chi connectivity index (χ1) is 15.3. The predicted molar refractivity (Wildman–Crippen MR) is 118 cm³/mol. The summed E-state index contributed by atoms with van der Waals surface area (Å²) in [4.78, 5) is 16.5. The van der Waals surface area contributed by atoms with E-state index < -0.39 is 0 Å². The number of hydrogen-bond acceptors (Lipinski definition) is 4. The van der Waals surface area contributed by atoms with Gasteiger partial charge in [-0.2, -0.15) is 5.10 Å². The van der Waals surface area contributed by atoms with E-state index in [0.717, 1.165) is 22.0 Å². The van der Waals surface area contributed by atoms with Gasteiger partial charge in [-0.25, -0.2) is 14.4 Å². The second-order valence-electron chi connectivity index (χ2n) is 7.20. The standard InChI is InChI=1S/C24H15FN6/c25-19-6-2-1-5-16(19)17-9-11-27-23-21(17)28-24(29-23)22-18-12-14(7-8-20(18)30-31-22)15-4-3-10-26-13-15/h1-13H,(H,30,31)(H,27,28,29). The lowest BCUT2D eigenvalue weighted by Gasteiger charge is -2.03. The molecule has 0 bridgehead atoms. The molecule has 148 valence electrons. The second-order valence-corrected chi connectivity index (χ2v) is 7.20. The number of H-pyrrole nitrogens is 2. The summed E-state index contributed by atoms with van der Waals surface area (Å²) >= 11 is 0. The molecule has 2 N–H and O–H groups in total. The molecule has 0 aliphatic rings. The number of nitrogens with zero attached hydrogens (tertiary/aromatic N) is 4. The molecule has 0 saturated carbocycles. The quantitative estimate of drug-likeness (QED) is 0.414. The van der Waals surface area contributed by atoms with Gasteiger partial charge in [-0.15, -0.1) is 0 Å². The van der Waals surface area contributed by atoms with Crippen molar-refractivity contribution in [1.29, 1.82) is 0 Å². The molecule has 0 aliphatic carbocycles. The molecule has 6 nitrogen and oxygen atoms in total. The molecule has 7 heteroatoms. The molecular formula is C24H15FN6. The van der Waals surface area contributed by atoms with Crippen LogP contribution in [-0.2, 0) is 0 Å². The first kappa shape index (κ1) is 17.5. The van der Waals surface area contributed by atoms with Crippen LogP contribution in [0.4, 0.5) is 4.39 Å². The molecular weight excluding hydrogens is 391 g/mol. The number of benzene rings is 2. The van der Waals surface area contributed by atoms with Crippen molar-refractivity contribution in [3.63, 3.8) is 0 Å². The maximum absolute atomic E-state index is 14.4. The van der Waals surface area contributed by atoms with E-state index in [1.807, 2.05) is 36.5 Å². The summed E-state index contributed by atoms with van der Waals surface area (Å²) in [6, 6.07) is 18.4. The molecule has 0 fully saturated rings. The summed E-state index contributed by atoms with van der Waals surface area (Å²) in [5.41, 5.74) is 6.00. The summed E-state index contributed by atoms with van der Waals surface area (Å²) in [5, 5.41) is 8.46. The van der Waals surface area contributed by atoms with E-state index in [2.05, 4.69) is 36.2 Å². The van der Waals surface area contributed by atoms with Crippen molar-refractivity contribution >= 4 is 22.1 Å². The van der Waals surface area contributed by atoms with Gasteiger partial charge in [0.15, 0.2) is 11.5 Å². The highest BCUT2D eigenvalue weighted by Crippen LogP contribution is 2.33. The third-order valence-corrected chi connectivity index (χ3v) is 5.34. The molecule has 0 aliphatic heterocycles. The Balaban J connectivity index is 1.53. The number of rotatable bonds is 3. The van der Waals surface area contributed by atoms with Gasteiger partial charge in [0, 0.05) is 40.7 Å². The highest BCUT2D eigenvalue weighted by atomic mass is 19.1. The molecule has 0 radical (unpaired) electrons. The van der Waals surface area contributed by atoms with Gasteiger partial charge >= 0.3 is 0 Å². The summed E-state index contributed by atoms with van der Waals surface area (Å²) < 4.78 is 14.4. The van der Waals surface area contributed by atoms with E-state index in [1.165, 1.54) is 6.07 Å². The third-order valence-electron chi connectivity index (χ3n) is 5.34. The second kappa shape index (κ2) is 6.84. The minimum Gasteiger partial charge on any atom is -0.335 e. The normalized spacial score (nSPS) is 11.4. The molecule has 6 rings (SSSR count). The summed E-state index contributed by atoms with van der Waals surface area (Å²) in [5.74, 6) is 0.276. The van der Waals surface area contributed by atoms with Crippen molar-refractivity contribution < 1.29 is 4.39 Å². The Bertz CT molecular complexity index is 1550. The molecule has 0 spiro atoms. The van der Waals surface area contributed by atoms with Gasteiger partial charge in [0.25, 0.3) is 0 Å². The van der Waals surface area contributed by atoms with Crippen LogP contribution in [0.25, 0.3) is 55.8 Å². The van der Waals surface area contributed by atoms with Gasteiger partial charge in [0.1, 0.15) is 11.5 Å². The number of aromatic nitrogens is 6. The largest absolute Gasteiger partial charge is 0.335 e. The van der Waals surface area contributed by atoms with Gasteiger partial charge in [0.2, 0.25) is 0 Å². The van der Waals surface area contributed by atoms with Crippen LogP contribution in [0.2, 0.25) is 0 Å². The van der Waals surface area contributed by atoms with Gasteiger partial charge in [-0.05, 0) is 35.9 Å². The SMILES string of the molecule is Fc1ccccc1-c1ccnc2nc(-c3n[nH]c4ccc(-c5cccnc5)cc34)[nH]c12. The zero-order chi connectivity index (χ0) is 20.8. The highest BCUT2D eigenvalue weighted by Gasteiger charge is 2.17. The van der Waals surface area contributed by atoms with Crippen LogP contribution in [-0.4, -0.2) is 30.1 Å². The minimum absolute atomic E-state index is 0.294. The average molecular weight is 406 g/mol. The lowest BCUT2D eigenvalue weighted by Crippen LogP contribution is -1.87. The van der Waals surface area contributed by atoms with E-state index in [0.29, 0.717) is 33.8 Å². The maximum Gasteiger partial charge on any atom is 0.178 e. The van der Waals surface area contributed by atoms with Gasteiger partial charge in [-0.1, -0.05) is 30.3 Å². The minimum atomic E-state index is -0.294. The first-order valence-corrected chi connectivity index (χ1v) is 9.76. The topological polar surface area (TPSA) is 83.1 Å². The summed E-state index contributed by atoms with van der Waals surface area (Å²) in [6.45, 7) is 0. The Morgan fingerprint density at radius 1 is 0.839 bits per heavy atom. The van der Waals surface area contributed by atoms with E-state index in [9.17, 15) is 4.39 Å². The van der Waals surface area contributed by atoms with Crippen molar-refractivity contribution in [3.8, 4) is 33.8 Å².